The molecule has 1 heterocycles. The summed E-state index contributed by atoms with van der Waals surface area (Å²) in [7, 11) is 0. The lowest BCUT2D eigenvalue weighted by Crippen LogP contribution is -2.39. The molecule has 3 rings (SSSR count). The number of rotatable bonds is 12. The first kappa shape index (κ1) is 24.3. The van der Waals surface area contributed by atoms with Gasteiger partial charge in [-0.05, 0) is 64.1 Å². The molecule has 33 heavy (non-hydrogen) atoms. The Balaban J connectivity index is 1.55. The SMILES string of the molecule is CC(C)N(CCOc1ccc(-n2ccnc(NCCOc3ccccc3)c2=O)cc1)C(C)C. The van der Waals surface area contributed by atoms with E-state index in [0.29, 0.717) is 31.8 Å². The summed E-state index contributed by atoms with van der Waals surface area (Å²) in [6.07, 6.45) is 3.27. The predicted octanol–water partition coefficient (Wildman–Crippen LogP) is 4.22. The normalized spacial score (nSPS) is 11.2. The van der Waals surface area contributed by atoms with Crippen LogP contribution in [0.25, 0.3) is 5.69 Å². The van der Waals surface area contributed by atoms with E-state index in [4.69, 9.17) is 9.47 Å². The van der Waals surface area contributed by atoms with E-state index in [1.807, 2.05) is 54.6 Å². The molecule has 0 aliphatic rings. The van der Waals surface area contributed by atoms with Gasteiger partial charge in [-0.3, -0.25) is 14.3 Å². The van der Waals surface area contributed by atoms with E-state index in [-0.39, 0.29) is 11.4 Å². The summed E-state index contributed by atoms with van der Waals surface area (Å²) in [5.74, 6) is 1.86. The number of hydrogen-bond acceptors (Lipinski definition) is 6. The maximum absolute atomic E-state index is 12.9. The van der Waals surface area contributed by atoms with Crippen LogP contribution in [0.3, 0.4) is 0 Å². The van der Waals surface area contributed by atoms with Crippen LogP contribution >= 0.6 is 0 Å². The predicted molar refractivity (Wildman–Crippen MR) is 133 cm³/mol. The van der Waals surface area contributed by atoms with Gasteiger partial charge in [0.25, 0.3) is 5.56 Å². The fourth-order valence-corrected chi connectivity index (χ4v) is 3.68. The van der Waals surface area contributed by atoms with Crippen molar-refractivity contribution in [1.29, 1.82) is 0 Å². The molecule has 0 unspecified atom stereocenters. The first-order chi connectivity index (χ1) is 16.0. The molecule has 1 aromatic heterocycles. The molecule has 1 N–H and O–H groups in total. The Kier molecular flexibility index (Phi) is 8.89. The zero-order valence-corrected chi connectivity index (χ0v) is 19.9. The van der Waals surface area contributed by atoms with Crippen molar-refractivity contribution >= 4 is 5.82 Å². The number of ether oxygens (including phenoxy) is 2. The van der Waals surface area contributed by atoms with Gasteiger partial charge in [-0.15, -0.1) is 0 Å². The standard InChI is InChI=1S/C26H34N4O3/c1-20(2)29(21(3)4)17-19-33-24-12-10-22(11-13-24)30-16-14-27-25(26(30)31)28-15-18-32-23-8-6-5-7-9-23/h5-14,16,20-21H,15,17-19H2,1-4H3,(H,27,28). The minimum Gasteiger partial charge on any atom is -0.492 e. The molecule has 176 valence electrons. The molecule has 0 saturated carbocycles. The summed E-state index contributed by atoms with van der Waals surface area (Å²) < 4.78 is 13.1. The van der Waals surface area contributed by atoms with Crippen molar-refractivity contribution in [2.75, 3.05) is 31.6 Å². The van der Waals surface area contributed by atoms with Crippen LogP contribution in [0.1, 0.15) is 27.7 Å². The quantitative estimate of drug-likeness (QED) is 0.417. The summed E-state index contributed by atoms with van der Waals surface area (Å²) in [6, 6.07) is 18.0. The van der Waals surface area contributed by atoms with E-state index in [1.54, 1.807) is 17.0 Å². The molecule has 0 fully saturated rings. The fourth-order valence-electron chi connectivity index (χ4n) is 3.68. The largest absolute Gasteiger partial charge is 0.492 e. The minimum atomic E-state index is -0.213. The van der Waals surface area contributed by atoms with E-state index >= 15 is 0 Å². The average Bonchev–Trinajstić information content (AvgIpc) is 2.81. The number of nitrogens with zero attached hydrogens (tertiary/aromatic N) is 3. The second kappa shape index (κ2) is 12.1. The summed E-state index contributed by atoms with van der Waals surface area (Å²) in [5, 5.41) is 3.06. The molecular formula is C26H34N4O3. The second-order valence-corrected chi connectivity index (χ2v) is 8.31. The van der Waals surface area contributed by atoms with Gasteiger partial charge < -0.3 is 14.8 Å². The van der Waals surface area contributed by atoms with Crippen molar-refractivity contribution < 1.29 is 9.47 Å². The van der Waals surface area contributed by atoms with Crippen molar-refractivity contribution in [1.82, 2.24) is 14.5 Å². The monoisotopic (exact) mass is 450 g/mol. The first-order valence-electron chi connectivity index (χ1n) is 11.4. The van der Waals surface area contributed by atoms with Gasteiger partial charge in [0, 0.05) is 36.7 Å². The van der Waals surface area contributed by atoms with Gasteiger partial charge >= 0.3 is 0 Å². The van der Waals surface area contributed by atoms with Crippen LogP contribution in [0.2, 0.25) is 0 Å². The molecule has 0 spiro atoms. The van der Waals surface area contributed by atoms with Crippen LogP contribution in [-0.2, 0) is 0 Å². The van der Waals surface area contributed by atoms with Crippen molar-refractivity contribution in [3.63, 3.8) is 0 Å². The van der Waals surface area contributed by atoms with Crippen LogP contribution in [0.5, 0.6) is 11.5 Å². The molecule has 0 amide bonds. The Morgan fingerprint density at radius 2 is 1.55 bits per heavy atom. The maximum Gasteiger partial charge on any atom is 0.297 e. The number of benzene rings is 2. The topological polar surface area (TPSA) is 68.6 Å². The lowest BCUT2D eigenvalue weighted by atomic mass is 10.2. The van der Waals surface area contributed by atoms with Gasteiger partial charge in [-0.2, -0.15) is 0 Å². The van der Waals surface area contributed by atoms with E-state index < -0.39 is 0 Å². The number of nitrogens with one attached hydrogen (secondary N) is 1. The highest BCUT2D eigenvalue weighted by atomic mass is 16.5. The van der Waals surface area contributed by atoms with Gasteiger partial charge in [0.1, 0.15) is 24.7 Å². The Morgan fingerprint density at radius 3 is 2.21 bits per heavy atom. The van der Waals surface area contributed by atoms with Crippen molar-refractivity contribution in [3.8, 4) is 17.2 Å². The van der Waals surface area contributed by atoms with Crippen molar-refractivity contribution in [2.45, 2.75) is 39.8 Å². The highest BCUT2D eigenvalue weighted by Crippen LogP contribution is 2.15. The average molecular weight is 451 g/mol. The molecule has 7 heteroatoms. The van der Waals surface area contributed by atoms with Gasteiger partial charge in [-0.25, -0.2) is 4.98 Å². The molecule has 0 radical (unpaired) electrons. The Labute approximate surface area is 196 Å². The fraction of sp³-hybridized carbons (Fsp3) is 0.385. The molecule has 0 atom stereocenters. The van der Waals surface area contributed by atoms with Crippen LogP contribution in [0, 0.1) is 0 Å². The van der Waals surface area contributed by atoms with Crippen LogP contribution < -0.4 is 20.3 Å². The highest BCUT2D eigenvalue weighted by Gasteiger charge is 2.13. The number of aromatic nitrogens is 2. The smallest absolute Gasteiger partial charge is 0.297 e. The lowest BCUT2D eigenvalue weighted by Gasteiger charge is -2.30. The zero-order chi connectivity index (χ0) is 23.6. The van der Waals surface area contributed by atoms with E-state index in [1.165, 1.54) is 0 Å². The van der Waals surface area contributed by atoms with Crippen LogP contribution in [-0.4, -0.2) is 52.8 Å². The number of hydrogen-bond donors (Lipinski definition) is 1. The summed E-state index contributed by atoms with van der Waals surface area (Å²) in [5.41, 5.74) is 0.541. The van der Waals surface area contributed by atoms with E-state index in [9.17, 15) is 4.79 Å². The van der Waals surface area contributed by atoms with Crippen molar-refractivity contribution in [3.05, 3.63) is 77.3 Å². The summed E-state index contributed by atoms with van der Waals surface area (Å²) in [4.78, 5) is 19.4. The molecule has 0 aliphatic heterocycles. The lowest BCUT2D eigenvalue weighted by molar-refractivity contribution is 0.142. The molecule has 3 aromatic rings. The third-order valence-electron chi connectivity index (χ3n) is 5.31. The molecule has 0 saturated heterocycles. The van der Waals surface area contributed by atoms with Gasteiger partial charge in [0.15, 0.2) is 5.82 Å². The summed E-state index contributed by atoms with van der Waals surface area (Å²) in [6.45, 7) is 11.2. The second-order valence-electron chi connectivity index (χ2n) is 8.31. The third-order valence-corrected chi connectivity index (χ3v) is 5.31. The number of anilines is 1. The Bertz CT molecular complexity index is 1030. The summed E-state index contributed by atoms with van der Waals surface area (Å²) >= 11 is 0. The molecular weight excluding hydrogens is 416 g/mol. The maximum atomic E-state index is 12.9. The van der Waals surface area contributed by atoms with Gasteiger partial charge in [0.2, 0.25) is 0 Å². The third kappa shape index (κ3) is 7.08. The molecule has 0 aliphatic carbocycles. The number of para-hydroxylation sites is 1. The van der Waals surface area contributed by atoms with Crippen LogP contribution in [0.15, 0.2) is 71.8 Å². The zero-order valence-electron chi connectivity index (χ0n) is 19.9. The minimum absolute atomic E-state index is 0.213. The van der Waals surface area contributed by atoms with Gasteiger partial charge in [-0.1, -0.05) is 18.2 Å². The van der Waals surface area contributed by atoms with E-state index in [2.05, 4.69) is 42.9 Å². The Hall–Kier alpha value is -3.32. The Morgan fingerprint density at radius 1 is 0.909 bits per heavy atom. The molecule has 7 nitrogen and oxygen atoms in total. The molecule has 2 aromatic carbocycles. The van der Waals surface area contributed by atoms with Crippen LogP contribution in [0.4, 0.5) is 5.82 Å². The highest BCUT2D eigenvalue weighted by molar-refractivity contribution is 5.41. The first-order valence-corrected chi connectivity index (χ1v) is 11.4. The van der Waals surface area contributed by atoms with Crippen molar-refractivity contribution in [2.24, 2.45) is 0 Å². The molecule has 0 bridgehead atoms. The van der Waals surface area contributed by atoms with Gasteiger partial charge in [0.05, 0.1) is 6.54 Å². The van der Waals surface area contributed by atoms with E-state index in [0.717, 1.165) is 23.7 Å².